The van der Waals surface area contributed by atoms with Crippen molar-refractivity contribution in [2.45, 2.75) is 19.8 Å². The number of rotatable bonds is 3. The minimum absolute atomic E-state index is 0.0301. The Balaban J connectivity index is 3.23. The first-order valence-electron chi connectivity index (χ1n) is 4.37. The molecule has 0 saturated heterocycles. The maximum atomic E-state index is 12.1. The molecule has 0 aromatic carbocycles. The summed E-state index contributed by atoms with van der Waals surface area (Å²) < 4.78 is 45.1. The van der Waals surface area contributed by atoms with Gasteiger partial charge in [-0.05, 0) is 6.92 Å². The van der Waals surface area contributed by atoms with Gasteiger partial charge in [0.2, 0.25) is 0 Å². The Morgan fingerprint density at radius 1 is 1.38 bits per heavy atom. The van der Waals surface area contributed by atoms with Gasteiger partial charge < -0.3 is 15.2 Å². The van der Waals surface area contributed by atoms with Gasteiger partial charge in [0.1, 0.15) is 0 Å². The van der Waals surface area contributed by atoms with E-state index in [-0.39, 0.29) is 23.6 Å². The molecule has 1 heterocycles. The van der Waals surface area contributed by atoms with Crippen LogP contribution in [0.15, 0.2) is 6.20 Å². The number of pyridine rings is 1. The van der Waals surface area contributed by atoms with E-state index in [4.69, 9.17) is 10.5 Å². The van der Waals surface area contributed by atoms with Crippen molar-refractivity contribution in [2.24, 2.45) is 5.73 Å². The number of aromatic nitrogens is 1. The topological polar surface area (TPSA) is 57.4 Å². The Morgan fingerprint density at radius 2 is 2.00 bits per heavy atom. The van der Waals surface area contributed by atoms with Crippen LogP contribution in [-0.4, -0.2) is 18.5 Å². The van der Waals surface area contributed by atoms with Crippen LogP contribution in [-0.2, 0) is 6.54 Å². The maximum Gasteiger partial charge on any atom is 0.573 e. The Hall–Kier alpha value is -1.50. The third-order valence-electron chi connectivity index (χ3n) is 1.86. The minimum atomic E-state index is -4.77. The summed E-state index contributed by atoms with van der Waals surface area (Å²) in [5.41, 5.74) is 5.77. The van der Waals surface area contributed by atoms with Crippen LogP contribution in [0.3, 0.4) is 0 Å². The molecule has 0 amide bonds. The molecule has 0 atom stereocenters. The molecule has 0 radical (unpaired) electrons. The summed E-state index contributed by atoms with van der Waals surface area (Å²) in [7, 11) is 1.23. The summed E-state index contributed by atoms with van der Waals surface area (Å²) in [4.78, 5) is 3.86. The summed E-state index contributed by atoms with van der Waals surface area (Å²) in [6.07, 6.45) is -3.52. The van der Waals surface area contributed by atoms with E-state index in [0.717, 1.165) is 0 Å². The molecule has 1 aromatic rings. The lowest BCUT2D eigenvalue weighted by atomic mass is 10.2. The number of nitrogens with two attached hydrogens (primary N) is 1. The van der Waals surface area contributed by atoms with Crippen LogP contribution >= 0.6 is 0 Å². The number of halogens is 3. The molecule has 1 rings (SSSR count). The van der Waals surface area contributed by atoms with Crippen molar-refractivity contribution < 1.29 is 22.6 Å². The van der Waals surface area contributed by atoms with Crippen LogP contribution in [0.1, 0.15) is 11.3 Å². The van der Waals surface area contributed by atoms with E-state index < -0.39 is 12.1 Å². The second-order valence-electron chi connectivity index (χ2n) is 3.00. The van der Waals surface area contributed by atoms with Crippen LogP contribution in [0.2, 0.25) is 0 Å². The third kappa shape index (κ3) is 2.75. The molecule has 0 aliphatic heterocycles. The highest BCUT2D eigenvalue weighted by Crippen LogP contribution is 2.36. The molecule has 0 spiro atoms. The predicted octanol–water partition coefficient (Wildman–Crippen LogP) is 1.76. The fourth-order valence-electron chi connectivity index (χ4n) is 1.20. The van der Waals surface area contributed by atoms with E-state index in [1.54, 1.807) is 0 Å². The van der Waals surface area contributed by atoms with Gasteiger partial charge in [0, 0.05) is 18.3 Å². The average molecular weight is 236 g/mol. The van der Waals surface area contributed by atoms with Crippen LogP contribution in [0.25, 0.3) is 0 Å². The lowest BCUT2D eigenvalue weighted by Crippen LogP contribution is -2.19. The lowest BCUT2D eigenvalue weighted by molar-refractivity contribution is -0.275. The highest BCUT2D eigenvalue weighted by Gasteiger charge is 2.34. The van der Waals surface area contributed by atoms with Crippen LogP contribution in [0, 0.1) is 6.92 Å². The first-order chi connectivity index (χ1) is 7.39. The normalized spacial score (nSPS) is 11.4. The number of methoxy groups -OCH3 is 1. The van der Waals surface area contributed by atoms with E-state index in [0.29, 0.717) is 0 Å². The summed E-state index contributed by atoms with van der Waals surface area (Å²) in [6, 6.07) is 0. The molecular formula is C9H11F3N2O2. The monoisotopic (exact) mass is 236 g/mol. The molecule has 1 aromatic heterocycles. The molecular weight excluding hydrogens is 225 g/mol. The highest BCUT2D eigenvalue weighted by atomic mass is 19.4. The van der Waals surface area contributed by atoms with Crippen LogP contribution < -0.4 is 15.2 Å². The number of nitrogens with zero attached hydrogens (tertiary/aromatic N) is 1. The molecule has 7 heteroatoms. The zero-order valence-electron chi connectivity index (χ0n) is 8.76. The van der Waals surface area contributed by atoms with E-state index in [2.05, 4.69) is 9.72 Å². The predicted molar refractivity (Wildman–Crippen MR) is 50.1 cm³/mol. The fraction of sp³-hybridized carbons (Fsp3) is 0.444. The van der Waals surface area contributed by atoms with Crippen molar-refractivity contribution in [3.63, 3.8) is 0 Å². The largest absolute Gasteiger partial charge is 0.573 e. The van der Waals surface area contributed by atoms with Crippen molar-refractivity contribution in [1.82, 2.24) is 4.98 Å². The first-order valence-corrected chi connectivity index (χ1v) is 4.37. The van der Waals surface area contributed by atoms with Crippen molar-refractivity contribution >= 4 is 0 Å². The SMILES string of the molecule is COc1c(CN)ncc(C)c1OC(F)(F)F. The van der Waals surface area contributed by atoms with E-state index in [9.17, 15) is 13.2 Å². The highest BCUT2D eigenvalue weighted by molar-refractivity contribution is 5.48. The van der Waals surface area contributed by atoms with Crippen LogP contribution in [0.5, 0.6) is 11.5 Å². The van der Waals surface area contributed by atoms with Gasteiger partial charge in [0.25, 0.3) is 0 Å². The molecule has 0 unspecified atom stereocenters. The Bertz CT molecular complexity index is 380. The smallest absolute Gasteiger partial charge is 0.491 e. The zero-order valence-corrected chi connectivity index (χ0v) is 8.76. The molecule has 0 aliphatic rings. The summed E-state index contributed by atoms with van der Waals surface area (Å²) >= 11 is 0. The number of hydrogen-bond acceptors (Lipinski definition) is 4. The molecule has 2 N–H and O–H groups in total. The third-order valence-corrected chi connectivity index (χ3v) is 1.86. The van der Waals surface area contributed by atoms with Crippen molar-refractivity contribution in [3.05, 3.63) is 17.5 Å². The Kier molecular flexibility index (Phi) is 3.58. The molecule has 0 aliphatic carbocycles. The van der Waals surface area contributed by atoms with Gasteiger partial charge in [-0.1, -0.05) is 0 Å². The van der Waals surface area contributed by atoms with E-state index in [1.165, 1.54) is 20.2 Å². The molecule has 90 valence electrons. The van der Waals surface area contributed by atoms with Gasteiger partial charge in [-0.2, -0.15) is 0 Å². The summed E-state index contributed by atoms with van der Waals surface area (Å²) in [5, 5.41) is 0. The van der Waals surface area contributed by atoms with Crippen molar-refractivity contribution in [3.8, 4) is 11.5 Å². The first kappa shape index (κ1) is 12.6. The van der Waals surface area contributed by atoms with Gasteiger partial charge in [0.15, 0.2) is 11.5 Å². The van der Waals surface area contributed by atoms with Gasteiger partial charge in [-0.15, -0.1) is 13.2 Å². The van der Waals surface area contributed by atoms with Gasteiger partial charge in [-0.25, -0.2) is 0 Å². The zero-order chi connectivity index (χ0) is 12.3. The number of aryl methyl sites for hydroxylation is 1. The lowest BCUT2D eigenvalue weighted by Gasteiger charge is -2.16. The number of alkyl halides is 3. The standard InChI is InChI=1S/C9H11F3N2O2/c1-5-4-14-6(3-13)8(15-2)7(5)16-9(10,11)12/h4H,3,13H2,1-2H3. The van der Waals surface area contributed by atoms with Crippen LogP contribution in [0.4, 0.5) is 13.2 Å². The molecule has 16 heavy (non-hydrogen) atoms. The Labute approximate surface area is 90.2 Å². The quantitative estimate of drug-likeness (QED) is 0.868. The average Bonchev–Trinajstić information content (AvgIpc) is 2.19. The molecule has 0 saturated carbocycles. The summed E-state index contributed by atoms with van der Waals surface area (Å²) in [6.45, 7) is 1.41. The summed E-state index contributed by atoms with van der Waals surface area (Å²) in [5.74, 6) is -0.481. The van der Waals surface area contributed by atoms with Gasteiger partial charge in [0.05, 0.1) is 12.8 Å². The molecule has 0 bridgehead atoms. The maximum absolute atomic E-state index is 12.1. The van der Waals surface area contributed by atoms with Gasteiger partial charge >= 0.3 is 6.36 Å². The second-order valence-corrected chi connectivity index (χ2v) is 3.00. The van der Waals surface area contributed by atoms with E-state index >= 15 is 0 Å². The Morgan fingerprint density at radius 3 is 2.44 bits per heavy atom. The van der Waals surface area contributed by atoms with E-state index in [1.807, 2.05) is 0 Å². The van der Waals surface area contributed by atoms with Gasteiger partial charge in [-0.3, -0.25) is 4.98 Å². The second kappa shape index (κ2) is 4.56. The minimum Gasteiger partial charge on any atom is -0.491 e. The fourth-order valence-corrected chi connectivity index (χ4v) is 1.20. The van der Waals surface area contributed by atoms with Crippen molar-refractivity contribution in [1.29, 1.82) is 0 Å². The number of ether oxygens (including phenoxy) is 2. The molecule has 4 nitrogen and oxygen atoms in total. The number of hydrogen-bond donors (Lipinski definition) is 1. The van der Waals surface area contributed by atoms with Crippen molar-refractivity contribution in [2.75, 3.05) is 7.11 Å². The molecule has 0 fully saturated rings.